The highest BCUT2D eigenvalue weighted by Crippen LogP contribution is 2.31. The van der Waals surface area contributed by atoms with E-state index in [0.717, 1.165) is 49.9 Å². The number of nitrogens with zero attached hydrogens (tertiary/aromatic N) is 4. The minimum Gasteiger partial charge on any atom is -0.490 e. The number of hydrogen-bond donors (Lipinski definition) is 2. The Morgan fingerprint density at radius 1 is 1.06 bits per heavy atom. The van der Waals surface area contributed by atoms with Crippen molar-refractivity contribution in [3.8, 4) is 11.5 Å². The van der Waals surface area contributed by atoms with Crippen LogP contribution in [0.25, 0.3) is 11.0 Å². The Kier molecular flexibility index (Phi) is 5.65. The molecule has 9 nitrogen and oxygen atoms in total. The summed E-state index contributed by atoms with van der Waals surface area (Å²) in [5, 5.41) is 3.43. The molecule has 0 amide bonds. The summed E-state index contributed by atoms with van der Waals surface area (Å²) < 4.78 is 17.3. The number of rotatable bonds is 7. The lowest BCUT2D eigenvalue weighted by Crippen LogP contribution is -2.44. The Hall–Kier alpha value is -3.20. The molecule has 3 N–H and O–H groups in total. The minimum absolute atomic E-state index is 0.0992. The molecule has 2 aromatic heterocycles. The lowest BCUT2D eigenvalue weighted by molar-refractivity contribution is -0.120. The molecule has 1 aromatic carbocycles. The van der Waals surface area contributed by atoms with Gasteiger partial charge in [0.25, 0.3) is 0 Å². The zero-order valence-electron chi connectivity index (χ0n) is 18.2. The largest absolute Gasteiger partial charge is 0.490 e. The quantitative estimate of drug-likeness (QED) is 0.538. The van der Waals surface area contributed by atoms with Crippen molar-refractivity contribution >= 4 is 22.7 Å². The summed E-state index contributed by atoms with van der Waals surface area (Å²) in [5.41, 5.74) is 8.23. The van der Waals surface area contributed by atoms with E-state index < -0.39 is 0 Å². The standard InChI is InChI=1S/C23H28N6O3/c1-23(12-30-13-23)14-31-18-10-27-22(28-11-18)29-16-2-4-17(5-3-16)32-20-9-15(24)8-19-21(20)26-7-6-25-19/h6-11,16-17H,2-5,12-14,24H2,1H3,(H,27,28,29). The molecular weight excluding hydrogens is 408 g/mol. The maximum Gasteiger partial charge on any atom is 0.223 e. The van der Waals surface area contributed by atoms with Crippen molar-refractivity contribution in [1.82, 2.24) is 19.9 Å². The molecule has 0 spiro atoms. The summed E-state index contributed by atoms with van der Waals surface area (Å²) in [6.45, 7) is 4.24. The molecule has 1 saturated heterocycles. The average Bonchev–Trinajstić information content (AvgIpc) is 2.78. The lowest BCUT2D eigenvalue weighted by atomic mass is 9.90. The predicted molar refractivity (Wildman–Crippen MR) is 121 cm³/mol. The highest BCUT2D eigenvalue weighted by Gasteiger charge is 2.34. The van der Waals surface area contributed by atoms with E-state index in [-0.39, 0.29) is 11.5 Å². The van der Waals surface area contributed by atoms with Gasteiger partial charge in [-0.3, -0.25) is 4.98 Å². The first kappa shape index (κ1) is 20.7. The third-order valence-corrected chi connectivity index (χ3v) is 5.98. The molecule has 0 radical (unpaired) electrons. The van der Waals surface area contributed by atoms with Crippen LogP contribution in [0.15, 0.2) is 36.9 Å². The Labute approximate surface area is 186 Å². The second-order valence-electron chi connectivity index (χ2n) is 9.01. The molecule has 5 rings (SSSR count). The number of nitrogen functional groups attached to an aromatic ring is 1. The summed E-state index contributed by atoms with van der Waals surface area (Å²) in [6.07, 6.45) is 10.7. The number of fused-ring (bicyclic) bond motifs is 1. The highest BCUT2D eigenvalue weighted by atomic mass is 16.5. The molecule has 3 aromatic rings. The van der Waals surface area contributed by atoms with Gasteiger partial charge < -0.3 is 25.3 Å². The molecule has 2 fully saturated rings. The van der Waals surface area contributed by atoms with Crippen LogP contribution < -0.4 is 20.5 Å². The number of ether oxygens (including phenoxy) is 3. The second kappa shape index (κ2) is 8.74. The number of anilines is 2. The van der Waals surface area contributed by atoms with Crippen LogP contribution in [-0.4, -0.2) is 51.9 Å². The third kappa shape index (κ3) is 4.67. The number of benzene rings is 1. The minimum atomic E-state index is 0.0992. The van der Waals surface area contributed by atoms with Gasteiger partial charge in [-0.1, -0.05) is 6.92 Å². The number of aromatic nitrogens is 4. The van der Waals surface area contributed by atoms with Crippen LogP contribution >= 0.6 is 0 Å². The first-order valence-electron chi connectivity index (χ1n) is 11.0. The molecule has 9 heteroatoms. The fraction of sp³-hybridized carbons (Fsp3) is 0.478. The van der Waals surface area contributed by atoms with Crippen LogP contribution in [0.1, 0.15) is 32.6 Å². The Bertz CT molecular complexity index is 1070. The van der Waals surface area contributed by atoms with E-state index in [1.807, 2.05) is 12.1 Å². The van der Waals surface area contributed by atoms with Gasteiger partial charge in [0.05, 0.1) is 43.8 Å². The lowest BCUT2D eigenvalue weighted by Gasteiger charge is -2.37. The first-order valence-corrected chi connectivity index (χ1v) is 11.0. The molecule has 2 aliphatic rings. The van der Waals surface area contributed by atoms with Gasteiger partial charge in [-0.05, 0) is 31.7 Å². The first-order chi connectivity index (χ1) is 15.6. The van der Waals surface area contributed by atoms with E-state index >= 15 is 0 Å². The number of nitrogens with one attached hydrogen (secondary N) is 1. The number of nitrogens with two attached hydrogens (primary N) is 1. The van der Waals surface area contributed by atoms with Gasteiger partial charge in [-0.2, -0.15) is 0 Å². The summed E-state index contributed by atoms with van der Waals surface area (Å²) in [5.74, 6) is 2.00. The molecule has 0 atom stereocenters. The van der Waals surface area contributed by atoms with Gasteiger partial charge in [-0.15, -0.1) is 0 Å². The van der Waals surface area contributed by atoms with Gasteiger partial charge in [0, 0.05) is 35.6 Å². The molecule has 1 aliphatic carbocycles. The summed E-state index contributed by atoms with van der Waals surface area (Å²) in [6, 6.07) is 3.95. The van der Waals surface area contributed by atoms with Crippen molar-refractivity contribution in [2.24, 2.45) is 5.41 Å². The van der Waals surface area contributed by atoms with Crippen LogP contribution in [0.2, 0.25) is 0 Å². The Morgan fingerprint density at radius 3 is 2.53 bits per heavy atom. The monoisotopic (exact) mass is 436 g/mol. The molecule has 1 aliphatic heterocycles. The molecule has 168 valence electrons. The summed E-state index contributed by atoms with van der Waals surface area (Å²) in [4.78, 5) is 17.6. The smallest absolute Gasteiger partial charge is 0.223 e. The van der Waals surface area contributed by atoms with Gasteiger partial charge in [-0.25, -0.2) is 15.0 Å². The van der Waals surface area contributed by atoms with Crippen LogP contribution in [0.3, 0.4) is 0 Å². The van der Waals surface area contributed by atoms with Gasteiger partial charge >= 0.3 is 0 Å². The van der Waals surface area contributed by atoms with E-state index in [1.165, 1.54) is 0 Å². The van der Waals surface area contributed by atoms with E-state index in [4.69, 9.17) is 19.9 Å². The molecule has 0 bridgehead atoms. The van der Waals surface area contributed by atoms with E-state index in [9.17, 15) is 0 Å². The predicted octanol–water partition coefficient (Wildman–Crippen LogP) is 3.22. The van der Waals surface area contributed by atoms with E-state index in [0.29, 0.717) is 35.8 Å². The molecular formula is C23H28N6O3. The van der Waals surface area contributed by atoms with Crippen molar-refractivity contribution in [2.45, 2.75) is 44.8 Å². The van der Waals surface area contributed by atoms with Crippen molar-refractivity contribution in [1.29, 1.82) is 0 Å². The van der Waals surface area contributed by atoms with Crippen molar-refractivity contribution < 1.29 is 14.2 Å². The fourth-order valence-electron chi connectivity index (χ4n) is 4.10. The Morgan fingerprint density at radius 2 is 1.81 bits per heavy atom. The molecule has 3 heterocycles. The van der Waals surface area contributed by atoms with Crippen LogP contribution in [0.5, 0.6) is 11.5 Å². The molecule has 32 heavy (non-hydrogen) atoms. The highest BCUT2D eigenvalue weighted by molar-refractivity contribution is 5.84. The topological polar surface area (TPSA) is 117 Å². The zero-order chi connectivity index (χ0) is 22.0. The van der Waals surface area contributed by atoms with Crippen LogP contribution in [-0.2, 0) is 4.74 Å². The SMILES string of the molecule is CC1(COc2cnc(NC3CCC(Oc4cc(N)cc5nccnc45)CC3)nc2)COC1. The molecule has 1 saturated carbocycles. The maximum absolute atomic E-state index is 6.27. The zero-order valence-corrected chi connectivity index (χ0v) is 18.2. The fourth-order valence-corrected chi connectivity index (χ4v) is 4.10. The molecule has 0 unspecified atom stereocenters. The summed E-state index contributed by atoms with van der Waals surface area (Å²) >= 11 is 0. The Balaban J connectivity index is 1.12. The van der Waals surface area contributed by atoms with E-state index in [2.05, 4.69) is 32.2 Å². The maximum atomic E-state index is 6.27. The van der Waals surface area contributed by atoms with Gasteiger partial charge in [0.2, 0.25) is 5.95 Å². The summed E-state index contributed by atoms with van der Waals surface area (Å²) in [7, 11) is 0. The second-order valence-corrected chi connectivity index (χ2v) is 9.01. The van der Waals surface area contributed by atoms with Gasteiger partial charge in [0.1, 0.15) is 11.3 Å². The normalized spacial score (nSPS) is 22.2. The van der Waals surface area contributed by atoms with Crippen molar-refractivity contribution in [3.05, 3.63) is 36.9 Å². The van der Waals surface area contributed by atoms with Gasteiger partial charge in [0.15, 0.2) is 5.75 Å². The van der Waals surface area contributed by atoms with Crippen LogP contribution in [0, 0.1) is 5.41 Å². The van der Waals surface area contributed by atoms with Crippen molar-refractivity contribution in [2.75, 3.05) is 30.9 Å². The van der Waals surface area contributed by atoms with E-state index in [1.54, 1.807) is 24.8 Å². The number of hydrogen-bond acceptors (Lipinski definition) is 9. The average molecular weight is 437 g/mol. The van der Waals surface area contributed by atoms with Crippen molar-refractivity contribution in [3.63, 3.8) is 0 Å². The third-order valence-electron chi connectivity index (χ3n) is 5.98. The van der Waals surface area contributed by atoms with Crippen LogP contribution in [0.4, 0.5) is 11.6 Å².